The average molecular weight is 387 g/mol. The van der Waals surface area contributed by atoms with E-state index in [0.29, 0.717) is 0 Å². The van der Waals surface area contributed by atoms with Crippen molar-refractivity contribution in [3.8, 4) is 11.1 Å². The molecule has 4 heterocycles. The predicted molar refractivity (Wildman–Crippen MR) is 112 cm³/mol. The Hall–Kier alpha value is -3.03. The first kappa shape index (κ1) is 18.0. The van der Waals surface area contributed by atoms with Gasteiger partial charge >= 0.3 is 0 Å². The maximum Gasteiger partial charge on any atom is 0.109 e. The first-order valence-electron chi connectivity index (χ1n) is 9.98. The number of pyridine rings is 1. The monoisotopic (exact) mass is 387 g/mol. The molecule has 1 aliphatic rings. The van der Waals surface area contributed by atoms with Crippen LogP contribution in [0.15, 0.2) is 61.1 Å². The Morgan fingerprint density at radius 1 is 0.966 bits per heavy atom. The summed E-state index contributed by atoms with van der Waals surface area (Å²) < 4.78 is 3.77. The molecule has 1 fully saturated rings. The lowest BCUT2D eigenvalue weighted by molar-refractivity contribution is 0.0889. The Bertz CT molecular complexity index is 1110. The van der Waals surface area contributed by atoms with Gasteiger partial charge in [0.15, 0.2) is 0 Å². The quantitative estimate of drug-likeness (QED) is 0.539. The van der Waals surface area contributed by atoms with Gasteiger partial charge in [0.1, 0.15) is 5.69 Å². The molecule has 0 spiro atoms. The van der Waals surface area contributed by atoms with E-state index in [-0.39, 0.29) is 6.04 Å². The smallest absolute Gasteiger partial charge is 0.109 e. The van der Waals surface area contributed by atoms with Gasteiger partial charge in [-0.1, -0.05) is 41.6 Å². The summed E-state index contributed by atoms with van der Waals surface area (Å²) in [6, 6.07) is 14.9. The van der Waals surface area contributed by atoms with Crippen molar-refractivity contribution in [1.82, 2.24) is 34.4 Å². The van der Waals surface area contributed by atoms with Gasteiger partial charge in [-0.15, -0.1) is 5.10 Å². The molecule has 0 saturated carbocycles. The van der Waals surface area contributed by atoms with E-state index in [1.807, 2.05) is 28.5 Å². The number of piperazine rings is 1. The molecular weight excluding hydrogens is 362 g/mol. The van der Waals surface area contributed by atoms with Crippen LogP contribution in [-0.4, -0.2) is 61.1 Å². The van der Waals surface area contributed by atoms with E-state index in [1.54, 1.807) is 0 Å². The summed E-state index contributed by atoms with van der Waals surface area (Å²) >= 11 is 0. The van der Waals surface area contributed by atoms with E-state index >= 15 is 0 Å². The normalized spacial score (nSPS) is 18.5. The highest BCUT2D eigenvalue weighted by Crippen LogP contribution is 2.28. The maximum atomic E-state index is 4.58. The lowest BCUT2D eigenvalue weighted by atomic mass is 10.1. The highest BCUT2D eigenvalue weighted by Gasteiger charge is 2.29. The molecule has 3 aromatic heterocycles. The summed E-state index contributed by atoms with van der Waals surface area (Å²) in [5.74, 6) is 0. The molecule has 5 rings (SSSR count). The molecule has 0 N–H and O–H groups in total. The summed E-state index contributed by atoms with van der Waals surface area (Å²) in [5, 5.41) is 13.3. The molecule has 4 aromatic rings. The average Bonchev–Trinajstić information content (AvgIpc) is 3.35. The first-order valence-corrected chi connectivity index (χ1v) is 9.98. The second-order valence-electron chi connectivity index (χ2n) is 7.84. The van der Waals surface area contributed by atoms with Crippen LogP contribution in [0.3, 0.4) is 0 Å². The van der Waals surface area contributed by atoms with Crippen LogP contribution in [0.1, 0.15) is 17.3 Å². The van der Waals surface area contributed by atoms with Gasteiger partial charge in [0.25, 0.3) is 0 Å². The highest BCUT2D eigenvalue weighted by molar-refractivity contribution is 5.66. The van der Waals surface area contributed by atoms with Crippen molar-refractivity contribution in [2.24, 2.45) is 7.05 Å². The molecule has 7 nitrogen and oxygen atoms in total. The maximum absolute atomic E-state index is 4.58. The van der Waals surface area contributed by atoms with Gasteiger partial charge < -0.3 is 0 Å². The van der Waals surface area contributed by atoms with Gasteiger partial charge in [-0.05, 0) is 18.7 Å². The van der Waals surface area contributed by atoms with Gasteiger partial charge in [-0.25, -0.2) is 4.52 Å². The van der Waals surface area contributed by atoms with Crippen LogP contribution >= 0.6 is 0 Å². The van der Waals surface area contributed by atoms with Crippen molar-refractivity contribution in [3.63, 3.8) is 0 Å². The minimum atomic E-state index is 0.223. The second-order valence-corrected chi connectivity index (χ2v) is 7.84. The molecule has 0 bridgehead atoms. The number of hydrogen-bond acceptors (Lipinski definition) is 5. The van der Waals surface area contributed by atoms with Gasteiger partial charge in [0, 0.05) is 56.7 Å². The van der Waals surface area contributed by atoms with Gasteiger partial charge in [-0.2, -0.15) is 5.10 Å². The molecule has 0 amide bonds. The summed E-state index contributed by atoms with van der Waals surface area (Å²) in [7, 11) is 4.14. The Morgan fingerprint density at radius 3 is 2.62 bits per heavy atom. The highest BCUT2D eigenvalue weighted by atomic mass is 15.4. The van der Waals surface area contributed by atoms with E-state index < -0.39 is 0 Å². The van der Waals surface area contributed by atoms with Crippen LogP contribution in [-0.2, 0) is 13.6 Å². The SMILES string of the molecule is CN1CCN(Cc2cnn(C)c2)C[C@H]1c1nnn2cc(-c3ccccc3)ccc12. The Kier molecular flexibility index (Phi) is 4.61. The van der Waals surface area contributed by atoms with Crippen LogP contribution < -0.4 is 0 Å². The summed E-state index contributed by atoms with van der Waals surface area (Å²) in [6.45, 7) is 3.89. The summed E-state index contributed by atoms with van der Waals surface area (Å²) in [5.41, 5.74) is 5.69. The first-order chi connectivity index (χ1) is 14.2. The van der Waals surface area contributed by atoms with E-state index in [4.69, 9.17) is 0 Å². The minimum absolute atomic E-state index is 0.223. The zero-order chi connectivity index (χ0) is 19.8. The standard InChI is InChI=1S/C22H25N7/c1-26-10-11-28(14-17-12-23-27(2)13-17)16-21(26)22-20-9-8-19(15-29(20)25-24-22)18-6-4-3-5-7-18/h3-9,12-13,15,21H,10-11,14,16H2,1-2H3/t21-/m0/s1. The number of fused-ring (bicyclic) bond motifs is 1. The lowest BCUT2D eigenvalue weighted by Crippen LogP contribution is -2.46. The number of benzene rings is 1. The van der Waals surface area contributed by atoms with Crippen molar-refractivity contribution < 1.29 is 0 Å². The van der Waals surface area contributed by atoms with Crippen molar-refractivity contribution in [2.45, 2.75) is 12.6 Å². The van der Waals surface area contributed by atoms with E-state index in [0.717, 1.165) is 43.0 Å². The molecule has 1 atom stereocenters. The van der Waals surface area contributed by atoms with Gasteiger partial charge in [0.2, 0.25) is 0 Å². The number of aromatic nitrogens is 5. The largest absolute Gasteiger partial charge is 0.296 e. The van der Waals surface area contributed by atoms with Crippen molar-refractivity contribution in [1.29, 1.82) is 0 Å². The molecule has 0 radical (unpaired) electrons. The molecule has 1 aliphatic heterocycles. The fourth-order valence-corrected chi connectivity index (χ4v) is 4.13. The third-order valence-corrected chi connectivity index (χ3v) is 5.76. The van der Waals surface area contributed by atoms with Crippen LogP contribution in [0, 0.1) is 0 Å². The van der Waals surface area contributed by atoms with Gasteiger partial charge in [-0.3, -0.25) is 14.5 Å². The molecule has 1 saturated heterocycles. The van der Waals surface area contributed by atoms with Crippen molar-refractivity contribution >= 4 is 5.52 Å². The van der Waals surface area contributed by atoms with E-state index in [9.17, 15) is 0 Å². The third kappa shape index (κ3) is 3.54. The minimum Gasteiger partial charge on any atom is -0.296 e. The lowest BCUT2D eigenvalue weighted by Gasteiger charge is -2.38. The molecular formula is C22H25N7. The van der Waals surface area contributed by atoms with Gasteiger partial charge in [0.05, 0.1) is 17.8 Å². The van der Waals surface area contributed by atoms with Crippen LogP contribution in [0.4, 0.5) is 0 Å². The van der Waals surface area contributed by atoms with E-state index in [2.05, 4.69) is 81.1 Å². The van der Waals surface area contributed by atoms with Crippen LogP contribution in [0.2, 0.25) is 0 Å². The number of hydrogen-bond donors (Lipinski definition) is 0. The Labute approximate surface area is 170 Å². The molecule has 7 heteroatoms. The van der Waals surface area contributed by atoms with Crippen LogP contribution in [0.5, 0.6) is 0 Å². The number of likely N-dealkylation sites (N-methyl/N-ethyl adjacent to an activating group) is 1. The summed E-state index contributed by atoms with van der Waals surface area (Å²) in [6.07, 6.45) is 6.11. The molecule has 0 aliphatic carbocycles. The predicted octanol–water partition coefficient (Wildman–Crippen LogP) is 2.62. The summed E-state index contributed by atoms with van der Waals surface area (Å²) in [4.78, 5) is 4.86. The fraction of sp³-hybridized carbons (Fsp3) is 0.318. The fourth-order valence-electron chi connectivity index (χ4n) is 4.13. The molecule has 29 heavy (non-hydrogen) atoms. The van der Waals surface area contributed by atoms with Crippen molar-refractivity contribution in [3.05, 3.63) is 72.3 Å². The third-order valence-electron chi connectivity index (χ3n) is 5.76. The van der Waals surface area contributed by atoms with Crippen molar-refractivity contribution in [2.75, 3.05) is 26.7 Å². The zero-order valence-electron chi connectivity index (χ0n) is 16.8. The molecule has 0 unspecified atom stereocenters. The number of rotatable bonds is 4. The topological polar surface area (TPSA) is 54.5 Å². The number of aryl methyl sites for hydroxylation is 1. The Balaban J connectivity index is 1.41. The number of nitrogens with zero attached hydrogens (tertiary/aromatic N) is 7. The second kappa shape index (κ2) is 7.42. The van der Waals surface area contributed by atoms with E-state index in [1.165, 1.54) is 11.1 Å². The molecule has 1 aromatic carbocycles. The Morgan fingerprint density at radius 2 is 1.83 bits per heavy atom. The zero-order valence-corrected chi connectivity index (χ0v) is 16.8. The van der Waals surface area contributed by atoms with Crippen LogP contribution in [0.25, 0.3) is 16.6 Å². The molecule has 148 valence electrons.